The summed E-state index contributed by atoms with van der Waals surface area (Å²) in [7, 11) is 3.41. The number of carbonyl (C=O) groups is 1. The third kappa shape index (κ3) is 3.97. The van der Waals surface area contributed by atoms with Crippen molar-refractivity contribution in [3.8, 4) is 0 Å². The summed E-state index contributed by atoms with van der Waals surface area (Å²) in [4.78, 5) is 21.4. The molecule has 0 bridgehead atoms. The smallest absolute Gasteiger partial charge is 0.316 e. The SMILES string of the molecule is CN(C)C(=O)NCCNc1cc(N)nc(C2CC2)n1. The molecule has 104 valence electrons. The van der Waals surface area contributed by atoms with Crippen molar-refractivity contribution in [2.45, 2.75) is 18.8 Å². The predicted molar refractivity (Wildman–Crippen MR) is 74.0 cm³/mol. The number of hydrogen-bond acceptors (Lipinski definition) is 5. The van der Waals surface area contributed by atoms with Gasteiger partial charge in [-0.1, -0.05) is 0 Å². The van der Waals surface area contributed by atoms with Crippen LogP contribution in [-0.2, 0) is 0 Å². The van der Waals surface area contributed by atoms with Crippen molar-refractivity contribution in [1.82, 2.24) is 20.2 Å². The fourth-order valence-electron chi connectivity index (χ4n) is 1.62. The van der Waals surface area contributed by atoms with E-state index >= 15 is 0 Å². The van der Waals surface area contributed by atoms with Gasteiger partial charge in [0.25, 0.3) is 0 Å². The highest BCUT2D eigenvalue weighted by atomic mass is 16.2. The van der Waals surface area contributed by atoms with Crippen LogP contribution < -0.4 is 16.4 Å². The molecule has 0 radical (unpaired) electrons. The number of aromatic nitrogens is 2. The maximum Gasteiger partial charge on any atom is 0.316 e. The highest BCUT2D eigenvalue weighted by molar-refractivity contribution is 5.73. The van der Waals surface area contributed by atoms with Crippen molar-refractivity contribution in [1.29, 1.82) is 0 Å². The third-order valence-electron chi connectivity index (χ3n) is 2.82. The molecule has 0 aromatic carbocycles. The minimum atomic E-state index is -0.109. The summed E-state index contributed by atoms with van der Waals surface area (Å²) in [5.74, 6) is 2.49. The molecule has 2 amide bonds. The Hall–Kier alpha value is -2.05. The molecule has 19 heavy (non-hydrogen) atoms. The summed E-state index contributed by atoms with van der Waals surface area (Å²) in [5.41, 5.74) is 5.75. The Morgan fingerprint density at radius 1 is 1.42 bits per heavy atom. The van der Waals surface area contributed by atoms with Crippen LogP contribution in [0.4, 0.5) is 16.4 Å². The molecule has 0 spiro atoms. The largest absolute Gasteiger partial charge is 0.384 e. The van der Waals surface area contributed by atoms with Gasteiger partial charge in [-0.2, -0.15) is 0 Å². The fourth-order valence-corrected chi connectivity index (χ4v) is 1.62. The number of amides is 2. The lowest BCUT2D eigenvalue weighted by atomic mass is 10.4. The number of carbonyl (C=O) groups excluding carboxylic acids is 1. The van der Waals surface area contributed by atoms with Gasteiger partial charge in [-0.25, -0.2) is 14.8 Å². The molecule has 1 aliphatic carbocycles. The maximum absolute atomic E-state index is 11.3. The normalized spacial score (nSPS) is 14.0. The van der Waals surface area contributed by atoms with Crippen LogP contribution >= 0.6 is 0 Å². The average molecular weight is 264 g/mol. The number of nitrogens with zero attached hydrogens (tertiary/aromatic N) is 3. The molecule has 7 heteroatoms. The van der Waals surface area contributed by atoms with Gasteiger partial charge >= 0.3 is 6.03 Å². The highest BCUT2D eigenvalue weighted by Gasteiger charge is 2.27. The molecule has 7 nitrogen and oxygen atoms in total. The van der Waals surface area contributed by atoms with E-state index in [0.717, 1.165) is 18.7 Å². The average Bonchev–Trinajstić information content (AvgIpc) is 3.17. The molecule has 0 saturated heterocycles. The van der Waals surface area contributed by atoms with Crippen LogP contribution in [0.2, 0.25) is 0 Å². The maximum atomic E-state index is 11.3. The van der Waals surface area contributed by atoms with E-state index in [1.165, 1.54) is 4.90 Å². The van der Waals surface area contributed by atoms with Gasteiger partial charge in [0.1, 0.15) is 17.5 Å². The monoisotopic (exact) mass is 264 g/mol. The van der Waals surface area contributed by atoms with Crippen molar-refractivity contribution >= 4 is 17.7 Å². The number of anilines is 2. The standard InChI is InChI=1S/C12H20N6O/c1-18(2)12(19)15-6-5-14-10-7-9(13)16-11(17-10)8-3-4-8/h7-8H,3-6H2,1-2H3,(H,15,19)(H3,13,14,16,17). The van der Waals surface area contributed by atoms with Crippen molar-refractivity contribution in [2.75, 3.05) is 38.2 Å². The summed E-state index contributed by atoms with van der Waals surface area (Å²) >= 11 is 0. The van der Waals surface area contributed by atoms with Crippen LogP contribution in [0.15, 0.2) is 6.07 Å². The minimum Gasteiger partial charge on any atom is -0.384 e. The van der Waals surface area contributed by atoms with Crippen molar-refractivity contribution in [2.24, 2.45) is 0 Å². The predicted octanol–water partition coefficient (Wildman–Crippen LogP) is 0.619. The Bertz CT molecular complexity index is 458. The summed E-state index contributed by atoms with van der Waals surface area (Å²) in [6, 6.07) is 1.60. The van der Waals surface area contributed by atoms with E-state index in [1.54, 1.807) is 20.2 Å². The van der Waals surface area contributed by atoms with E-state index in [2.05, 4.69) is 20.6 Å². The molecule has 1 saturated carbocycles. The van der Waals surface area contributed by atoms with Crippen molar-refractivity contribution in [3.05, 3.63) is 11.9 Å². The van der Waals surface area contributed by atoms with Gasteiger partial charge in [0.15, 0.2) is 0 Å². The van der Waals surface area contributed by atoms with Gasteiger partial charge < -0.3 is 21.3 Å². The van der Waals surface area contributed by atoms with Gasteiger partial charge in [-0.05, 0) is 12.8 Å². The fraction of sp³-hybridized carbons (Fsp3) is 0.583. The lowest BCUT2D eigenvalue weighted by Gasteiger charge is -2.12. The van der Waals surface area contributed by atoms with Gasteiger partial charge in [0, 0.05) is 39.2 Å². The summed E-state index contributed by atoms with van der Waals surface area (Å²) in [6.07, 6.45) is 2.28. The van der Waals surface area contributed by atoms with E-state index < -0.39 is 0 Å². The summed E-state index contributed by atoms with van der Waals surface area (Å²) in [6.45, 7) is 1.12. The number of hydrogen-bond donors (Lipinski definition) is 3. The Labute approximate surface area is 112 Å². The van der Waals surface area contributed by atoms with E-state index in [9.17, 15) is 4.79 Å². The minimum absolute atomic E-state index is 0.109. The molecule has 2 rings (SSSR count). The number of nitrogens with two attached hydrogens (primary N) is 1. The van der Waals surface area contributed by atoms with E-state index in [1.807, 2.05) is 0 Å². The number of urea groups is 1. The molecule has 1 aromatic rings. The first-order valence-electron chi connectivity index (χ1n) is 6.39. The van der Waals surface area contributed by atoms with Gasteiger partial charge in [0.05, 0.1) is 0 Å². The third-order valence-corrected chi connectivity index (χ3v) is 2.82. The first-order valence-corrected chi connectivity index (χ1v) is 6.39. The molecule has 0 aliphatic heterocycles. The van der Waals surface area contributed by atoms with E-state index in [4.69, 9.17) is 5.73 Å². The zero-order valence-corrected chi connectivity index (χ0v) is 11.3. The number of nitrogens with one attached hydrogen (secondary N) is 2. The van der Waals surface area contributed by atoms with Gasteiger partial charge in [-0.3, -0.25) is 0 Å². The van der Waals surface area contributed by atoms with Crippen LogP contribution in [0.5, 0.6) is 0 Å². The summed E-state index contributed by atoms with van der Waals surface area (Å²) < 4.78 is 0. The van der Waals surface area contributed by atoms with Crippen LogP contribution in [-0.4, -0.2) is 48.1 Å². The molecule has 1 aromatic heterocycles. The van der Waals surface area contributed by atoms with Crippen LogP contribution in [0, 0.1) is 0 Å². The molecular formula is C12H20N6O. The Kier molecular flexibility index (Phi) is 4.03. The van der Waals surface area contributed by atoms with Gasteiger partial charge in [0.2, 0.25) is 0 Å². The van der Waals surface area contributed by atoms with Crippen LogP contribution in [0.1, 0.15) is 24.6 Å². The first-order chi connectivity index (χ1) is 9.06. The second-order valence-corrected chi connectivity index (χ2v) is 4.86. The quantitative estimate of drug-likeness (QED) is 0.677. The molecule has 0 atom stereocenters. The molecule has 1 aliphatic rings. The molecule has 0 unspecified atom stereocenters. The van der Waals surface area contributed by atoms with E-state index in [0.29, 0.717) is 30.6 Å². The van der Waals surface area contributed by atoms with Crippen molar-refractivity contribution in [3.63, 3.8) is 0 Å². The Morgan fingerprint density at radius 2 is 2.16 bits per heavy atom. The number of rotatable bonds is 5. The van der Waals surface area contributed by atoms with Crippen LogP contribution in [0.3, 0.4) is 0 Å². The second-order valence-electron chi connectivity index (χ2n) is 4.86. The van der Waals surface area contributed by atoms with Gasteiger partial charge in [-0.15, -0.1) is 0 Å². The Balaban J connectivity index is 1.81. The topological polar surface area (TPSA) is 96.2 Å². The first kappa shape index (κ1) is 13.4. The van der Waals surface area contributed by atoms with Crippen molar-refractivity contribution < 1.29 is 4.79 Å². The summed E-state index contributed by atoms with van der Waals surface area (Å²) in [5, 5.41) is 5.90. The molecule has 1 fully saturated rings. The zero-order valence-electron chi connectivity index (χ0n) is 11.3. The number of nitrogen functional groups attached to an aromatic ring is 1. The van der Waals surface area contributed by atoms with Crippen LogP contribution in [0.25, 0.3) is 0 Å². The van der Waals surface area contributed by atoms with E-state index in [-0.39, 0.29) is 6.03 Å². The second kappa shape index (κ2) is 5.73. The molecule has 4 N–H and O–H groups in total. The lowest BCUT2D eigenvalue weighted by molar-refractivity contribution is 0.218. The highest BCUT2D eigenvalue weighted by Crippen LogP contribution is 2.38. The Morgan fingerprint density at radius 3 is 2.79 bits per heavy atom. The molecular weight excluding hydrogens is 244 g/mol. The molecule has 1 heterocycles. The lowest BCUT2D eigenvalue weighted by Crippen LogP contribution is -2.37. The zero-order chi connectivity index (χ0) is 13.8.